The molecule has 2 rings (SSSR count). The van der Waals surface area contributed by atoms with Gasteiger partial charge in [-0.3, -0.25) is 10.1 Å². The lowest BCUT2D eigenvalue weighted by molar-refractivity contribution is -0.384. The Morgan fingerprint density at radius 3 is 2.57 bits per heavy atom. The zero-order valence-corrected chi connectivity index (χ0v) is 13.9. The van der Waals surface area contributed by atoms with Crippen molar-refractivity contribution in [3.63, 3.8) is 0 Å². The molecule has 0 aromatic heterocycles. The van der Waals surface area contributed by atoms with Crippen molar-refractivity contribution < 1.29 is 9.31 Å². The highest BCUT2D eigenvalue weighted by molar-refractivity contribution is 14.1. The number of hydrogen-bond donors (Lipinski definition) is 1. The standard InChI is InChI=1S/C14H19FIN3O2/c15-11-9-13(14(19(20)21)10-12(11)16)17-5-8-18-6-3-1-2-4-7-18/h9-10,17H,1-8H2. The van der Waals surface area contributed by atoms with Gasteiger partial charge in [0.1, 0.15) is 11.5 Å². The molecule has 7 heteroatoms. The van der Waals surface area contributed by atoms with Gasteiger partial charge in [-0.05, 0) is 48.5 Å². The van der Waals surface area contributed by atoms with Crippen LogP contribution in [0.4, 0.5) is 15.8 Å². The summed E-state index contributed by atoms with van der Waals surface area (Å²) in [5.74, 6) is -0.432. The fourth-order valence-electron chi connectivity index (χ4n) is 2.54. The molecule has 1 aromatic carbocycles. The lowest BCUT2D eigenvalue weighted by Crippen LogP contribution is -2.30. The molecule has 1 heterocycles. The number of nitrogens with one attached hydrogen (secondary N) is 1. The van der Waals surface area contributed by atoms with Gasteiger partial charge >= 0.3 is 0 Å². The number of benzene rings is 1. The monoisotopic (exact) mass is 407 g/mol. The Kier molecular flexibility index (Phi) is 6.16. The second-order valence-corrected chi connectivity index (χ2v) is 6.39. The molecule has 0 spiro atoms. The van der Waals surface area contributed by atoms with Crippen LogP contribution in [0, 0.1) is 19.5 Å². The number of anilines is 1. The number of likely N-dealkylation sites (tertiary alicyclic amines) is 1. The van der Waals surface area contributed by atoms with Gasteiger partial charge in [-0.1, -0.05) is 12.8 Å². The maximum Gasteiger partial charge on any atom is 0.293 e. The maximum absolute atomic E-state index is 13.6. The number of halogens is 2. The second-order valence-electron chi connectivity index (χ2n) is 5.22. The summed E-state index contributed by atoms with van der Waals surface area (Å²) in [5, 5.41) is 14.0. The van der Waals surface area contributed by atoms with E-state index in [2.05, 4.69) is 10.2 Å². The molecule has 1 aliphatic rings. The Morgan fingerprint density at radius 2 is 1.95 bits per heavy atom. The predicted molar refractivity (Wildman–Crippen MR) is 89.2 cm³/mol. The van der Waals surface area contributed by atoms with E-state index in [1.165, 1.54) is 37.8 Å². The predicted octanol–water partition coefficient (Wildman–Crippen LogP) is 3.63. The Bertz CT molecular complexity index is 505. The van der Waals surface area contributed by atoms with Crippen LogP contribution in [0.5, 0.6) is 0 Å². The molecule has 0 saturated carbocycles. The van der Waals surface area contributed by atoms with Crippen molar-refractivity contribution in [1.82, 2.24) is 4.90 Å². The van der Waals surface area contributed by atoms with E-state index in [0.29, 0.717) is 6.54 Å². The molecule has 0 radical (unpaired) electrons. The normalized spacial score (nSPS) is 16.5. The second kappa shape index (κ2) is 7.88. The zero-order chi connectivity index (χ0) is 15.2. The van der Waals surface area contributed by atoms with Crippen LogP contribution in [-0.2, 0) is 0 Å². The smallest absolute Gasteiger partial charge is 0.293 e. The fourth-order valence-corrected chi connectivity index (χ4v) is 2.99. The average molecular weight is 407 g/mol. The van der Waals surface area contributed by atoms with E-state index in [0.717, 1.165) is 19.6 Å². The minimum absolute atomic E-state index is 0.0725. The van der Waals surface area contributed by atoms with E-state index >= 15 is 0 Å². The van der Waals surface area contributed by atoms with Crippen LogP contribution in [0.15, 0.2) is 12.1 Å². The molecule has 21 heavy (non-hydrogen) atoms. The molecule has 0 bridgehead atoms. The summed E-state index contributed by atoms with van der Waals surface area (Å²) in [6.07, 6.45) is 4.96. The first-order valence-electron chi connectivity index (χ1n) is 7.17. The number of hydrogen-bond acceptors (Lipinski definition) is 4. The summed E-state index contributed by atoms with van der Waals surface area (Å²) < 4.78 is 13.8. The molecular formula is C14H19FIN3O2. The molecule has 0 amide bonds. The molecule has 116 valence electrons. The van der Waals surface area contributed by atoms with Crippen LogP contribution >= 0.6 is 22.6 Å². The SMILES string of the molecule is O=[N+]([O-])c1cc(I)c(F)cc1NCCN1CCCCCC1. The van der Waals surface area contributed by atoms with E-state index in [9.17, 15) is 14.5 Å². The molecule has 1 aliphatic heterocycles. The summed E-state index contributed by atoms with van der Waals surface area (Å²) in [7, 11) is 0. The lowest BCUT2D eigenvalue weighted by Gasteiger charge is -2.20. The van der Waals surface area contributed by atoms with Crippen molar-refractivity contribution in [1.29, 1.82) is 0 Å². The van der Waals surface area contributed by atoms with Crippen molar-refractivity contribution in [2.75, 3.05) is 31.5 Å². The van der Waals surface area contributed by atoms with Gasteiger partial charge in [-0.2, -0.15) is 0 Å². The third-order valence-electron chi connectivity index (χ3n) is 3.68. The Balaban J connectivity index is 1.95. The molecule has 0 atom stereocenters. The maximum atomic E-state index is 13.6. The van der Waals surface area contributed by atoms with Crippen LogP contribution in [-0.4, -0.2) is 36.0 Å². The van der Waals surface area contributed by atoms with Crippen molar-refractivity contribution in [2.45, 2.75) is 25.7 Å². The zero-order valence-electron chi connectivity index (χ0n) is 11.8. The van der Waals surface area contributed by atoms with Crippen LogP contribution in [0.25, 0.3) is 0 Å². The number of nitrogens with zero attached hydrogens (tertiary/aromatic N) is 2. The summed E-state index contributed by atoms with van der Waals surface area (Å²) in [6, 6.07) is 2.48. The lowest BCUT2D eigenvalue weighted by atomic mass is 10.2. The highest BCUT2D eigenvalue weighted by Crippen LogP contribution is 2.28. The van der Waals surface area contributed by atoms with E-state index in [1.54, 1.807) is 22.6 Å². The number of nitro benzene ring substituents is 1. The van der Waals surface area contributed by atoms with E-state index in [4.69, 9.17) is 0 Å². The van der Waals surface area contributed by atoms with Gasteiger partial charge in [0, 0.05) is 25.2 Å². The van der Waals surface area contributed by atoms with E-state index < -0.39 is 10.7 Å². The van der Waals surface area contributed by atoms with E-state index in [1.807, 2.05) is 0 Å². The molecular weight excluding hydrogens is 388 g/mol. The van der Waals surface area contributed by atoms with Crippen molar-refractivity contribution in [3.05, 3.63) is 31.6 Å². The average Bonchev–Trinajstić information content (AvgIpc) is 2.71. The minimum Gasteiger partial charge on any atom is -0.378 e. The van der Waals surface area contributed by atoms with Crippen molar-refractivity contribution >= 4 is 34.0 Å². The van der Waals surface area contributed by atoms with Gasteiger partial charge in [-0.15, -0.1) is 0 Å². The molecule has 1 saturated heterocycles. The first-order valence-corrected chi connectivity index (χ1v) is 8.25. The largest absolute Gasteiger partial charge is 0.378 e. The van der Waals surface area contributed by atoms with Crippen LogP contribution in [0.1, 0.15) is 25.7 Å². The van der Waals surface area contributed by atoms with Crippen LogP contribution in [0.3, 0.4) is 0 Å². The highest BCUT2D eigenvalue weighted by Gasteiger charge is 2.17. The van der Waals surface area contributed by atoms with Gasteiger partial charge in [0.15, 0.2) is 0 Å². The van der Waals surface area contributed by atoms with Gasteiger partial charge in [0.25, 0.3) is 5.69 Å². The fraction of sp³-hybridized carbons (Fsp3) is 0.571. The third kappa shape index (κ3) is 4.77. The minimum atomic E-state index is -0.476. The van der Waals surface area contributed by atoms with Crippen LogP contribution in [0.2, 0.25) is 0 Å². The molecule has 1 N–H and O–H groups in total. The summed E-state index contributed by atoms with van der Waals surface area (Å²) in [6.45, 7) is 3.56. The Morgan fingerprint density at radius 1 is 1.29 bits per heavy atom. The topological polar surface area (TPSA) is 58.4 Å². The van der Waals surface area contributed by atoms with Crippen molar-refractivity contribution in [3.8, 4) is 0 Å². The number of nitro groups is 1. The molecule has 0 aliphatic carbocycles. The Labute approximate surface area is 137 Å². The Hall–Kier alpha value is -0.960. The quantitative estimate of drug-likeness (QED) is 0.460. The molecule has 0 unspecified atom stereocenters. The molecule has 5 nitrogen and oxygen atoms in total. The van der Waals surface area contributed by atoms with Gasteiger partial charge in [0.05, 0.1) is 8.49 Å². The van der Waals surface area contributed by atoms with Crippen molar-refractivity contribution in [2.24, 2.45) is 0 Å². The van der Waals surface area contributed by atoms with E-state index in [-0.39, 0.29) is 14.9 Å². The summed E-state index contributed by atoms with van der Waals surface area (Å²) in [5.41, 5.74) is 0.185. The molecule has 1 fully saturated rings. The summed E-state index contributed by atoms with van der Waals surface area (Å²) in [4.78, 5) is 12.9. The first kappa shape index (κ1) is 16.4. The molecule has 1 aromatic rings. The number of rotatable bonds is 5. The van der Waals surface area contributed by atoms with Gasteiger partial charge in [-0.25, -0.2) is 4.39 Å². The first-order chi connectivity index (χ1) is 10.1. The van der Waals surface area contributed by atoms with Crippen LogP contribution < -0.4 is 5.32 Å². The third-order valence-corrected chi connectivity index (χ3v) is 4.50. The van der Waals surface area contributed by atoms with Gasteiger partial charge in [0.2, 0.25) is 0 Å². The summed E-state index contributed by atoms with van der Waals surface area (Å²) >= 11 is 1.76. The highest BCUT2D eigenvalue weighted by atomic mass is 127. The van der Waals surface area contributed by atoms with Gasteiger partial charge < -0.3 is 10.2 Å².